The Morgan fingerprint density at radius 3 is 2.82 bits per heavy atom. The predicted octanol–water partition coefficient (Wildman–Crippen LogP) is -1.43. The minimum absolute atomic E-state index is 0.0343. The van der Waals surface area contributed by atoms with Crippen molar-refractivity contribution in [2.24, 2.45) is 5.92 Å². The third-order valence-corrected chi connectivity index (χ3v) is 4.19. The molecule has 0 saturated carbocycles. The van der Waals surface area contributed by atoms with Crippen molar-refractivity contribution in [1.82, 2.24) is 0 Å². The van der Waals surface area contributed by atoms with E-state index in [1.807, 2.05) is 6.92 Å². The second-order valence-electron chi connectivity index (χ2n) is 5.34. The summed E-state index contributed by atoms with van der Waals surface area (Å²) in [4.78, 5) is 13.4. The first-order chi connectivity index (χ1) is 8.31. The Kier molecular flexibility index (Phi) is 4.80. The quantitative estimate of drug-likeness (QED) is 0.596. The molecule has 2 heterocycles. The van der Waals surface area contributed by atoms with E-state index in [0.29, 0.717) is 6.61 Å². The van der Waals surface area contributed by atoms with Crippen LogP contribution < -0.4 is 10.2 Å². The van der Waals surface area contributed by atoms with E-state index in [0.717, 1.165) is 19.0 Å². The maximum Gasteiger partial charge on any atom is 0.314 e. The maximum absolute atomic E-state index is 11.8. The van der Waals surface area contributed by atoms with E-state index in [4.69, 9.17) is 4.74 Å². The first-order valence-electron chi connectivity index (χ1n) is 7.14. The molecule has 0 aromatic carbocycles. The van der Waals surface area contributed by atoms with Crippen molar-refractivity contribution in [2.75, 3.05) is 32.8 Å². The molecule has 17 heavy (non-hydrogen) atoms. The first kappa shape index (κ1) is 12.8. The number of nitrogens with one attached hydrogen (secondary N) is 1. The number of carbonyl (C=O) groups is 1. The zero-order valence-electron chi connectivity index (χ0n) is 10.9. The van der Waals surface area contributed by atoms with Crippen LogP contribution in [0.4, 0.5) is 0 Å². The van der Waals surface area contributed by atoms with Gasteiger partial charge in [-0.05, 0) is 19.8 Å². The van der Waals surface area contributed by atoms with Gasteiger partial charge in [0, 0.05) is 12.8 Å². The highest BCUT2D eigenvalue weighted by Crippen LogP contribution is 2.11. The summed E-state index contributed by atoms with van der Waals surface area (Å²) in [5, 5.41) is 2.41. The number of likely N-dealkylation sites (tertiary alicyclic amines) is 1. The summed E-state index contributed by atoms with van der Waals surface area (Å²) < 4.78 is 5.16. The number of ether oxygens (including phenoxy) is 1. The predicted molar refractivity (Wildman–Crippen MR) is 64.7 cm³/mol. The lowest BCUT2D eigenvalue weighted by Crippen LogP contribution is -3.18. The summed E-state index contributed by atoms with van der Waals surface area (Å²) in [7, 11) is 0. The lowest BCUT2D eigenvalue weighted by atomic mass is 9.94. The second kappa shape index (κ2) is 6.36. The van der Waals surface area contributed by atoms with Crippen LogP contribution >= 0.6 is 0 Å². The minimum atomic E-state index is 0.0343. The molecule has 1 unspecified atom stereocenters. The number of rotatable bonds is 3. The molecule has 2 fully saturated rings. The van der Waals surface area contributed by atoms with Gasteiger partial charge in [0.1, 0.15) is 5.92 Å². The zero-order chi connectivity index (χ0) is 12.1. The standard InChI is InChI=1S/C13H24N2O2/c1-2-17-13(16)11-4-3-9-15(10-11)12-5-7-14-8-6-12/h11-12,14H,2-10H2,1H3/p+2/t11-/m0/s1. The van der Waals surface area contributed by atoms with Gasteiger partial charge in [-0.25, -0.2) is 0 Å². The molecule has 98 valence electrons. The molecule has 0 bridgehead atoms. The molecule has 0 spiro atoms. The van der Waals surface area contributed by atoms with Gasteiger partial charge >= 0.3 is 5.97 Å². The normalized spacial score (nSPS) is 31.1. The van der Waals surface area contributed by atoms with Gasteiger partial charge in [-0.1, -0.05) is 0 Å². The summed E-state index contributed by atoms with van der Waals surface area (Å²) in [5.74, 6) is 0.191. The minimum Gasteiger partial charge on any atom is -0.466 e. The highest BCUT2D eigenvalue weighted by Gasteiger charge is 2.34. The molecular formula is C13H26N2O2+2. The van der Waals surface area contributed by atoms with Crippen LogP contribution in [0.2, 0.25) is 0 Å². The van der Waals surface area contributed by atoms with Crippen LogP contribution in [-0.2, 0) is 9.53 Å². The molecule has 4 nitrogen and oxygen atoms in total. The first-order valence-corrected chi connectivity index (χ1v) is 7.14. The largest absolute Gasteiger partial charge is 0.466 e. The Bertz CT molecular complexity index is 252. The van der Waals surface area contributed by atoms with Gasteiger partial charge in [0.25, 0.3) is 0 Å². The number of esters is 1. The molecule has 0 amide bonds. The average Bonchev–Trinajstić information content (AvgIpc) is 2.40. The van der Waals surface area contributed by atoms with Crippen molar-refractivity contribution < 1.29 is 19.7 Å². The Labute approximate surface area is 104 Å². The number of nitrogens with two attached hydrogens (primary N) is 1. The second-order valence-corrected chi connectivity index (χ2v) is 5.34. The van der Waals surface area contributed by atoms with Gasteiger partial charge in [0.05, 0.1) is 38.8 Å². The molecule has 0 aromatic heterocycles. The summed E-state index contributed by atoms with van der Waals surface area (Å²) >= 11 is 0. The molecule has 2 atom stereocenters. The highest BCUT2D eigenvalue weighted by molar-refractivity contribution is 5.72. The van der Waals surface area contributed by atoms with Crippen LogP contribution in [0.3, 0.4) is 0 Å². The lowest BCUT2D eigenvalue weighted by molar-refractivity contribution is -0.939. The van der Waals surface area contributed by atoms with E-state index in [-0.39, 0.29) is 11.9 Å². The van der Waals surface area contributed by atoms with Crippen molar-refractivity contribution in [3.8, 4) is 0 Å². The molecule has 2 aliphatic heterocycles. The SMILES string of the molecule is CCOC(=O)[C@H]1CCC[NH+](C2CC[NH2+]CC2)C1. The van der Waals surface area contributed by atoms with Gasteiger partial charge in [0.15, 0.2) is 0 Å². The molecule has 0 aliphatic carbocycles. The lowest BCUT2D eigenvalue weighted by Gasteiger charge is -2.35. The molecule has 3 N–H and O–H groups in total. The van der Waals surface area contributed by atoms with Gasteiger partial charge in [0.2, 0.25) is 0 Å². The van der Waals surface area contributed by atoms with Crippen molar-refractivity contribution in [1.29, 1.82) is 0 Å². The van der Waals surface area contributed by atoms with E-state index in [1.54, 1.807) is 4.90 Å². The van der Waals surface area contributed by atoms with Gasteiger partial charge in [-0.2, -0.15) is 0 Å². The van der Waals surface area contributed by atoms with E-state index >= 15 is 0 Å². The molecule has 2 rings (SSSR count). The van der Waals surface area contributed by atoms with E-state index in [9.17, 15) is 4.79 Å². The fourth-order valence-electron chi connectivity index (χ4n) is 3.26. The Hall–Kier alpha value is -0.610. The van der Waals surface area contributed by atoms with Gasteiger partial charge in [-0.3, -0.25) is 4.79 Å². The van der Waals surface area contributed by atoms with Crippen LogP contribution in [-0.4, -0.2) is 44.8 Å². The third-order valence-electron chi connectivity index (χ3n) is 4.19. The highest BCUT2D eigenvalue weighted by atomic mass is 16.5. The molecule has 0 aromatic rings. The van der Waals surface area contributed by atoms with E-state index < -0.39 is 0 Å². The third kappa shape index (κ3) is 3.42. The fraction of sp³-hybridized carbons (Fsp3) is 0.923. The fourth-order valence-corrected chi connectivity index (χ4v) is 3.26. The van der Waals surface area contributed by atoms with E-state index in [1.165, 1.54) is 38.9 Å². The summed E-state index contributed by atoms with van der Waals surface area (Å²) in [6, 6.07) is 0.789. The van der Waals surface area contributed by atoms with Crippen LogP contribution in [0, 0.1) is 5.92 Å². The van der Waals surface area contributed by atoms with Gasteiger partial charge < -0.3 is 15.0 Å². The summed E-state index contributed by atoms with van der Waals surface area (Å²) in [5.41, 5.74) is 0. The van der Waals surface area contributed by atoms with Crippen molar-refractivity contribution >= 4 is 5.97 Å². The molecule has 2 saturated heterocycles. The molecule has 4 heteroatoms. The smallest absolute Gasteiger partial charge is 0.314 e. The molecule has 0 radical (unpaired) electrons. The molecule has 2 aliphatic rings. The Morgan fingerprint density at radius 1 is 1.35 bits per heavy atom. The van der Waals surface area contributed by atoms with Crippen LogP contribution in [0.1, 0.15) is 32.6 Å². The number of piperidine rings is 2. The Morgan fingerprint density at radius 2 is 2.12 bits per heavy atom. The molecular weight excluding hydrogens is 216 g/mol. The Balaban J connectivity index is 1.85. The number of carbonyl (C=O) groups excluding carboxylic acids is 1. The maximum atomic E-state index is 11.8. The van der Waals surface area contributed by atoms with Crippen LogP contribution in [0.15, 0.2) is 0 Å². The monoisotopic (exact) mass is 242 g/mol. The van der Waals surface area contributed by atoms with Crippen molar-refractivity contribution in [3.63, 3.8) is 0 Å². The van der Waals surface area contributed by atoms with Crippen LogP contribution in [0.25, 0.3) is 0 Å². The number of quaternary nitrogens is 2. The van der Waals surface area contributed by atoms with Crippen molar-refractivity contribution in [2.45, 2.75) is 38.6 Å². The zero-order valence-corrected chi connectivity index (χ0v) is 10.9. The van der Waals surface area contributed by atoms with Gasteiger partial charge in [-0.15, -0.1) is 0 Å². The topological polar surface area (TPSA) is 47.4 Å². The summed E-state index contributed by atoms with van der Waals surface area (Å²) in [6.07, 6.45) is 4.83. The van der Waals surface area contributed by atoms with Crippen LogP contribution in [0.5, 0.6) is 0 Å². The summed E-state index contributed by atoms with van der Waals surface area (Å²) in [6.45, 7) is 7.19. The van der Waals surface area contributed by atoms with E-state index in [2.05, 4.69) is 5.32 Å². The number of hydrogen-bond donors (Lipinski definition) is 2. The number of hydrogen-bond acceptors (Lipinski definition) is 2. The van der Waals surface area contributed by atoms with Crippen molar-refractivity contribution in [3.05, 3.63) is 0 Å². The average molecular weight is 242 g/mol.